The van der Waals surface area contributed by atoms with E-state index in [0.717, 1.165) is 11.4 Å². The van der Waals surface area contributed by atoms with Gasteiger partial charge in [-0.25, -0.2) is 9.78 Å². The molecule has 0 bridgehead atoms. The fourth-order valence-electron chi connectivity index (χ4n) is 1.62. The molecular weight excluding hydrogens is 260 g/mol. The smallest absolute Gasteiger partial charge is 0.216 e. The number of nitrogen functional groups attached to an aromatic ring is 1. The quantitative estimate of drug-likeness (QED) is 0.708. The molecule has 0 amide bonds. The summed E-state index contributed by atoms with van der Waals surface area (Å²) in [6.07, 6.45) is 1.94. The summed E-state index contributed by atoms with van der Waals surface area (Å²) >= 11 is 1.49. The molecule has 0 radical (unpaired) electrons. The number of anilines is 1. The van der Waals surface area contributed by atoms with Crippen LogP contribution in [0.4, 0.5) is 5.95 Å². The second-order valence-corrected chi connectivity index (χ2v) is 4.82. The molecule has 3 N–H and O–H groups in total. The molecule has 0 spiro atoms. The second kappa shape index (κ2) is 5.15. The summed E-state index contributed by atoms with van der Waals surface area (Å²) in [4.78, 5) is 4.03. The standard InChI is InChI=1S/C12H12N6S/c13-11-14-12(16-15-11)19-8-9-6-7-18(17-9)10-4-2-1-3-5-10/h1-7H,8H2,(H3,13,14,15,16). The van der Waals surface area contributed by atoms with Crippen LogP contribution in [0.2, 0.25) is 0 Å². The molecule has 2 heterocycles. The van der Waals surface area contributed by atoms with Gasteiger partial charge in [0.05, 0.1) is 11.4 Å². The second-order valence-electron chi connectivity index (χ2n) is 3.88. The van der Waals surface area contributed by atoms with E-state index in [1.54, 1.807) is 0 Å². The Bertz CT molecular complexity index is 660. The summed E-state index contributed by atoms with van der Waals surface area (Å²) in [5, 5.41) is 11.7. The minimum Gasteiger partial charge on any atom is -0.368 e. The Balaban J connectivity index is 1.68. The summed E-state index contributed by atoms with van der Waals surface area (Å²) in [6, 6.07) is 12.0. The van der Waals surface area contributed by atoms with Crippen LogP contribution in [0.5, 0.6) is 0 Å². The lowest BCUT2D eigenvalue weighted by Crippen LogP contribution is -1.95. The molecular formula is C12H12N6S. The Morgan fingerprint density at radius 1 is 1.21 bits per heavy atom. The van der Waals surface area contributed by atoms with E-state index >= 15 is 0 Å². The Labute approximate surface area is 114 Å². The molecule has 0 unspecified atom stereocenters. The Kier molecular flexibility index (Phi) is 3.20. The molecule has 0 saturated heterocycles. The highest BCUT2D eigenvalue weighted by atomic mass is 32.2. The van der Waals surface area contributed by atoms with Crippen molar-refractivity contribution in [1.29, 1.82) is 0 Å². The lowest BCUT2D eigenvalue weighted by Gasteiger charge is -1.99. The first-order chi connectivity index (χ1) is 9.31. The maximum Gasteiger partial charge on any atom is 0.216 e. The van der Waals surface area contributed by atoms with E-state index in [-0.39, 0.29) is 0 Å². The molecule has 0 atom stereocenters. The lowest BCUT2D eigenvalue weighted by molar-refractivity contribution is 0.858. The van der Waals surface area contributed by atoms with Crippen molar-refractivity contribution in [2.24, 2.45) is 0 Å². The largest absolute Gasteiger partial charge is 0.368 e. The summed E-state index contributed by atoms with van der Waals surface area (Å²) < 4.78 is 1.85. The fraction of sp³-hybridized carbons (Fsp3) is 0.0833. The third-order valence-electron chi connectivity index (χ3n) is 2.50. The van der Waals surface area contributed by atoms with Crippen LogP contribution in [0.3, 0.4) is 0 Å². The van der Waals surface area contributed by atoms with Gasteiger partial charge in [0, 0.05) is 11.9 Å². The molecule has 1 aromatic carbocycles. The maximum absolute atomic E-state index is 5.47. The van der Waals surface area contributed by atoms with Crippen LogP contribution < -0.4 is 5.73 Å². The van der Waals surface area contributed by atoms with E-state index in [0.29, 0.717) is 16.9 Å². The van der Waals surface area contributed by atoms with Gasteiger partial charge in [-0.05, 0) is 18.2 Å². The number of H-pyrrole nitrogens is 1. The van der Waals surface area contributed by atoms with Crippen molar-refractivity contribution in [3.05, 3.63) is 48.3 Å². The van der Waals surface area contributed by atoms with Gasteiger partial charge in [-0.1, -0.05) is 30.0 Å². The average Bonchev–Trinajstić information content (AvgIpc) is 3.06. The SMILES string of the molecule is Nc1nc(SCc2ccn(-c3ccccc3)n2)n[nH]1. The van der Waals surface area contributed by atoms with Gasteiger partial charge in [-0.3, -0.25) is 0 Å². The van der Waals surface area contributed by atoms with Crippen LogP contribution >= 0.6 is 11.8 Å². The van der Waals surface area contributed by atoms with Crippen molar-refractivity contribution in [2.75, 3.05) is 5.73 Å². The molecule has 0 fully saturated rings. The third-order valence-corrected chi connectivity index (χ3v) is 3.38. The van der Waals surface area contributed by atoms with Gasteiger partial charge < -0.3 is 5.73 Å². The molecule has 6 nitrogen and oxygen atoms in total. The van der Waals surface area contributed by atoms with Crippen molar-refractivity contribution in [1.82, 2.24) is 25.0 Å². The van der Waals surface area contributed by atoms with Crippen molar-refractivity contribution in [2.45, 2.75) is 10.9 Å². The Morgan fingerprint density at radius 2 is 2.05 bits per heavy atom. The van der Waals surface area contributed by atoms with Crippen molar-refractivity contribution in [3.63, 3.8) is 0 Å². The molecule has 19 heavy (non-hydrogen) atoms. The van der Waals surface area contributed by atoms with E-state index in [1.165, 1.54) is 11.8 Å². The van der Waals surface area contributed by atoms with Crippen LogP contribution in [0.1, 0.15) is 5.69 Å². The van der Waals surface area contributed by atoms with Crippen molar-refractivity contribution < 1.29 is 0 Å². The number of hydrogen-bond acceptors (Lipinski definition) is 5. The molecule has 96 valence electrons. The number of para-hydroxylation sites is 1. The molecule has 3 rings (SSSR count). The highest BCUT2D eigenvalue weighted by molar-refractivity contribution is 7.98. The maximum atomic E-state index is 5.47. The molecule has 0 aliphatic heterocycles. The van der Waals surface area contributed by atoms with Gasteiger partial charge in [0.1, 0.15) is 0 Å². The highest BCUT2D eigenvalue weighted by Crippen LogP contribution is 2.18. The van der Waals surface area contributed by atoms with Gasteiger partial charge in [-0.15, -0.1) is 5.10 Å². The number of thioether (sulfide) groups is 1. The van der Waals surface area contributed by atoms with Gasteiger partial charge in [0.2, 0.25) is 11.1 Å². The van der Waals surface area contributed by atoms with E-state index < -0.39 is 0 Å². The van der Waals surface area contributed by atoms with E-state index in [9.17, 15) is 0 Å². The molecule has 3 aromatic rings. The topological polar surface area (TPSA) is 85.4 Å². The van der Waals surface area contributed by atoms with Crippen molar-refractivity contribution in [3.8, 4) is 5.69 Å². The number of rotatable bonds is 4. The predicted molar refractivity (Wildman–Crippen MR) is 73.9 cm³/mol. The van der Waals surface area contributed by atoms with Crippen LogP contribution in [0.25, 0.3) is 5.69 Å². The zero-order valence-electron chi connectivity index (χ0n) is 10.0. The number of nitrogens with two attached hydrogens (primary N) is 1. The Morgan fingerprint density at radius 3 is 2.79 bits per heavy atom. The summed E-state index contributed by atoms with van der Waals surface area (Å²) in [7, 11) is 0. The lowest BCUT2D eigenvalue weighted by atomic mass is 10.3. The van der Waals surface area contributed by atoms with Gasteiger partial charge in [-0.2, -0.15) is 10.1 Å². The van der Waals surface area contributed by atoms with Crippen LogP contribution in [-0.2, 0) is 5.75 Å². The third kappa shape index (κ3) is 2.76. The minimum atomic E-state index is 0.331. The number of nitrogens with zero attached hydrogens (tertiary/aromatic N) is 4. The van der Waals surface area contributed by atoms with E-state index in [1.807, 2.05) is 47.3 Å². The predicted octanol–water partition coefficient (Wildman–Crippen LogP) is 1.86. The average molecular weight is 272 g/mol. The molecule has 2 aromatic heterocycles. The normalized spacial score (nSPS) is 10.7. The van der Waals surface area contributed by atoms with Gasteiger partial charge in [0.15, 0.2) is 0 Å². The fourth-order valence-corrected chi connectivity index (χ4v) is 2.33. The van der Waals surface area contributed by atoms with Crippen LogP contribution in [-0.4, -0.2) is 25.0 Å². The zero-order chi connectivity index (χ0) is 13.1. The molecule has 0 aliphatic carbocycles. The molecule has 0 aliphatic rings. The van der Waals surface area contributed by atoms with Crippen molar-refractivity contribution >= 4 is 17.7 Å². The van der Waals surface area contributed by atoms with Gasteiger partial charge in [0.25, 0.3) is 0 Å². The highest BCUT2D eigenvalue weighted by Gasteiger charge is 2.05. The molecule has 7 heteroatoms. The van der Waals surface area contributed by atoms with Gasteiger partial charge >= 0.3 is 0 Å². The van der Waals surface area contributed by atoms with E-state index in [2.05, 4.69) is 20.3 Å². The summed E-state index contributed by atoms with van der Waals surface area (Å²) in [5.41, 5.74) is 7.48. The minimum absolute atomic E-state index is 0.331. The number of benzene rings is 1. The number of aromatic nitrogens is 5. The van der Waals surface area contributed by atoms with Crippen LogP contribution in [0, 0.1) is 0 Å². The summed E-state index contributed by atoms with van der Waals surface area (Å²) in [5.74, 6) is 1.04. The number of nitrogens with one attached hydrogen (secondary N) is 1. The summed E-state index contributed by atoms with van der Waals surface area (Å²) in [6.45, 7) is 0. The first kappa shape index (κ1) is 11.8. The first-order valence-corrected chi connectivity index (χ1v) is 6.70. The van der Waals surface area contributed by atoms with Crippen LogP contribution in [0.15, 0.2) is 47.8 Å². The number of aromatic amines is 1. The van der Waals surface area contributed by atoms with E-state index in [4.69, 9.17) is 5.73 Å². The monoisotopic (exact) mass is 272 g/mol. The Hall–Kier alpha value is -2.28. The number of hydrogen-bond donors (Lipinski definition) is 2. The molecule has 0 saturated carbocycles. The first-order valence-electron chi connectivity index (χ1n) is 5.72. The zero-order valence-corrected chi connectivity index (χ0v) is 10.8.